The lowest BCUT2D eigenvalue weighted by Crippen LogP contribution is -2.10. The molecule has 1 heteroatoms. The lowest BCUT2D eigenvalue weighted by molar-refractivity contribution is 0.591. The largest absolute Gasteiger partial charge is 0.344 e. The van der Waals surface area contributed by atoms with Crippen molar-refractivity contribution in [2.75, 3.05) is 0 Å². The molecule has 92 valence electrons. The van der Waals surface area contributed by atoms with Crippen LogP contribution in [0, 0.1) is 0 Å². The standard InChI is InChI=1S/C17H19N/c1-17(2,3)12-9-10-14-13-7-5-6-8-15(13)18(4)16(14)11-12/h5-11H,1-4H3. The highest BCUT2D eigenvalue weighted by Crippen LogP contribution is 2.31. The van der Waals surface area contributed by atoms with Crippen molar-refractivity contribution < 1.29 is 0 Å². The number of para-hydroxylation sites is 1. The molecule has 0 radical (unpaired) electrons. The fourth-order valence-electron chi connectivity index (χ4n) is 2.63. The Morgan fingerprint density at radius 2 is 1.50 bits per heavy atom. The molecule has 18 heavy (non-hydrogen) atoms. The van der Waals surface area contributed by atoms with Crippen LogP contribution in [-0.2, 0) is 12.5 Å². The van der Waals surface area contributed by atoms with Crippen molar-refractivity contribution in [2.24, 2.45) is 7.05 Å². The zero-order chi connectivity index (χ0) is 12.9. The second-order valence-electron chi connectivity index (χ2n) is 6.06. The van der Waals surface area contributed by atoms with E-state index in [1.807, 2.05) is 0 Å². The molecule has 0 saturated heterocycles. The second kappa shape index (κ2) is 3.61. The van der Waals surface area contributed by atoms with Gasteiger partial charge >= 0.3 is 0 Å². The molecule has 0 amide bonds. The topological polar surface area (TPSA) is 4.93 Å². The van der Waals surface area contributed by atoms with Crippen LogP contribution in [0.2, 0.25) is 0 Å². The monoisotopic (exact) mass is 237 g/mol. The Bertz CT molecular complexity index is 726. The Morgan fingerprint density at radius 1 is 0.833 bits per heavy atom. The van der Waals surface area contributed by atoms with E-state index in [4.69, 9.17) is 0 Å². The minimum absolute atomic E-state index is 0.199. The summed E-state index contributed by atoms with van der Waals surface area (Å²) in [6.07, 6.45) is 0. The fourth-order valence-corrected chi connectivity index (χ4v) is 2.63. The first-order valence-electron chi connectivity index (χ1n) is 6.46. The van der Waals surface area contributed by atoms with Crippen LogP contribution in [0.25, 0.3) is 21.8 Å². The van der Waals surface area contributed by atoms with Gasteiger partial charge in [-0.1, -0.05) is 51.1 Å². The molecular weight excluding hydrogens is 218 g/mol. The SMILES string of the molecule is Cn1c2ccccc2c2ccc(C(C)(C)C)cc21. The van der Waals surface area contributed by atoms with E-state index in [0.717, 1.165) is 0 Å². The third kappa shape index (κ3) is 1.54. The number of aryl methyl sites for hydroxylation is 1. The van der Waals surface area contributed by atoms with E-state index in [0.29, 0.717) is 0 Å². The van der Waals surface area contributed by atoms with Gasteiger partial charge in [0, 0.05) is 28.9 Å². The minimum atomic E-state index is 0.199. The zero-order valence-corrected chi connectivity index (χ0v) is 11.5. The summed E-state index contributed by atoms with van der Waals surface area (Å²) in [7, 11) is 2.15. The van der Waals surface area contributed by atoms with Crippen LogP contribution in [0.3, 0.4) is 0 Å². The van der Waals surface area contributed by atoms with E-state index in [2.05, 4.69) is 74.9 Å². The number of nitrogens with zero attached hydrogens (tertiary/aromatic N) is 1. The third-order valence-corrected chi connectivity index (χ3v) is 3.78. The Hall–Kier alpha value is -1.76. The Kier molecular flexibility index (Phi) is 2.28. The van der Waals surface area contributed by atoms with E-state index >= 15 is 0 Å². The summed E-state index contributed by atoms with van der Waals surface area (Å²) < 4.78 is 2.29. The fraction of sp³-hybridized carbons (Fsp3) is 0.294. The molecule has 0 aliphatic carbocycles. The molecule has 1 heterocycles. The lowest BCUT2D eigenvalue weighted by Gasteiger charge is -2.19. The van der Waals surface area contributed by atoms with Crippen LogP contribution in [0.5, 0.6) is 0 Å². The summed E-state index contributed by atoms with van der Waals surface area (Å²) in [6.45, 7) is 6.78. The molecule has 3 rings (SSSR count). The first kappa shape index (κ1) is 11.3. The zero-order valence-electron chi connectivity index (χ0n) is 11.5. The van der Waals surface area contributed by atoms with Gasteiger partial charge in [-0.3, -0.25) is 0 Å². The highest BCUT2D eigenvalue weighted by Gasteiger charge is 2.15. The van der Waals surface area contributed by atoms with Gasteiger partial charge < -0.3 is 4.57 Å². The molecule has 3 aromatic rings. The summed E-state index contributed by atoms with van der Waals surface area (Å²) in [5.41, 5.74) is 4.22. The predicted octanol–water partition coefficient (Wildman–Crippen LogP) is 4.63. The molecule has 1 nitrogen and oxygen atoms in total. The van der Waals surface area contributed by atoms with Gasteiger partial charge in [-0.15, -0.1) is 0 Å². The Morgan fingerprint density at radius 3 is 2.22 bits per heavy atom. The Balaban J connectivity index is 2.42. The maximum atomic E-state index is 2.33. The lowest BCUT2D eigenvalue weighted by atomic mass is 9.86. The molecule has 0 N–H and O–H groups in total. The van der Waals surface area contributed by atoms with Gasteiger partial charge in [0.15, 0.2) is 0 Å². The van der Waals surface area contributed by atoms with Crippen molar-refractivity contribution in [2.45, 2.75) is 26.2 Å². The summed E-state index contributed by atoms with van der Waals surface area (Å²) in [4.78, 5) is 0. The van der Waals surface area contributed by atoms with Gasteiger partial charge in [-0.2, -0.15) is 0 Å². The van der Waals surface area contributed by atoms with E-state index < -0.39 is 0 Å². The first-order valence-corrected chi connectivity index (χ1v) is 6.46. The number of rotatable bonds is 0. The van der Waals surface area contributed by atoms with Crippen LogP contribution >= 0.6 is 0 Å². The average Bonchev–Trinajstić information content (AvgIpc) is 2.63. The van der Waals surface area contributed by atoms with E-state index in [1.54, 1.807) is 0 Å². The smallest absolute Gasteiger partial charge is 0.0491 e. The normalized spacial score (nSPS) is 12.4. The average molecular weight is 237 g/mol. The maximum Gasteiger partial charge on any atom is 0.0491 e. The molecule has 0 spiro atoms. The number of fused-ring (bicyclic) bond motifs is 3. The van der Waals surface area contributed by atoms with Gasteiger partial charge in [0.05, 0.1) is 0 Å². The van der Waals surface area contributed by atoms with Crippen molar-refractivity contribution in [1.29, 1.82) is 0 Å². The summed E-state index contributed by atoms with van der Waals surface area (Å²) in [5.74, 6) is 0. The van der Waals surface area contributed by atoms with Crippen molar-refractivity contribution >= 4 is 21.8 Å². The summed E-state index contributed by atoms with van der Waals surface area (Å²) in [6, 6.07) is 15.5. The van der Waals surface area contributed by atoms with Crippen LogP contribution in [0.15, 0.2) is 42.5 Å². The van der Waals surface area contributed by atoms with Gasteiger partial charge in [0.1, 0.15) is 0 Å². The van der Waals surface area contributed by atoms with E-state index in [1.165, 1.54) is 27.4 Å². The number of benzene rings is 2. The van der Waals surface area contributed by atoms with Crippen LogP contribution in [0.1, 0.15) is 26.3 Å². The van der Waals surface area contributed by atoms with Gasteiger partial charge in [-0.25, -0.2) is 0 Å². The second-order valence-corrected chi connectivity index (χ2v) is 6.06. The molecule has 1 aromatic heterocycles. The molecule has 0 aliphatic heterocycles. The third-order valence-electron chi connectivity index (χ3n) is 3.78. The van der Waals surface area contributed by atoms with Gasteiger partial charge in [-0.05, 0) is 23.1 Å². The molecule has 0 saturated carbocycles. The maximum absolute atomic E-state index is 2.33. The molecule has 0 atom stereocenters. The summed E-state index contributed by atoms with van der Waals surface area (Å²) in [5, 5.41) is 2.69. The highest BCUT2D eigenvalue weighted by atomic mass is 14.9. The van der Waals surface area contributed by atoms with Crippen LogP contribution in [0.4, 0.5) is 0 Å². The highest BCUT2D eigenvalue weighted by molar-refractivity contribution is 6.08. The number of hydrogen-bond donors (Lipinski definition) is 0. The van der Waals surface area contributed by atoms with Crippen molar-refractivity contribution in [1.82, 2.24) is 4.57 Å². The predicted molar refractivity (Wildman–Crippen MR) is 79.1 cm³/mol. The molecule has 2 aromatic carbocycles. The molecular formula is C17H19N. The van der Waals surface area contributed by atoms with Crippen LogP contribution < -0.4 is 0 Å². The first-order chi connectivity index (χ1) is 8.48. The van der Waals surface area contributed by atoms with E-state index in [-0.39, 0.29) is 5.41 Å². The summed E-state index contributed by atoms with van der Waals surface area (Å²) >= 11 is 0. The van der Waals surface area contributed by atoms with Crippen molar-refractivity contribution in [3.63, 3.8) is 0 Å². The molecule has 0 aliphatic rings. The van der Waals surface area contributed by atoms with Crippen LogP contribution in [-0.4, -0.2) is 4.57 Å². The minimum Gasteiger partial charge on any atom is -0.344 e. The van der Waals surface area contributed by atoms with Crippen molar-refractivity contribution in [3.8, 4) is 0 Å². The van der Waals surface area contributed by atoms with Gasteiger partial charge in [0.2, 0.25) is 0 Å². The van der Waals surface area contributed by atoms with Crippen molar-refractivity contribution in [3.05, 3.63) is 48.0 Å². The molecule has 0 unspecified atom stereocenters. The quantitative estimate of drug-likeness (QED) is 0.537. The molecule has 0 fully saturated rings. The number of aromatic nitrogens is 1. The Labute approximate surface area is 108 Å². The molecule has 0 bridgehead atoms. The van der Waals surface area contributed by atoms with E-state index in [9.17, 15) is 0 Å². The number of hydrogen-bond acceptors (Lipinski definition) is 0. The van der Waals surface area contributed by atoms with Gasteiger partial charge in [0.25, 0.3) is 0 Å².